The van der Waals surface area contributed by atoms with Crippen molar-refractivity contribution in [2.75, 3.05) is 0 Å². The topological polar surface area (TPSA) is 26.0 Å². The minimum atomic E-state index is 0.0355. The van der Waals surface area contributed by atoms with Crippen molar-refractivity contribution in [1.29, 1.82) is 0 Å². The molecule has 4 saturated carbocycles. The third kappa shape index (κ3) is 4.30. The quantitative estimate of drug-likeness (QED) is 0.185. The summed E-state index contributed by atoms with van der Waals surface area (Å²) >= 11 is 0. The van der Waals surface area contributed by atoms with Crippen LogP contribution in [0.3, 0.4) is 0 Å². The van der Waals surface area contributed by atoms with Crippen molar-refractivity contribution in [3.8, 4) is 55.9 Å². The summed E-state index contributed by atoms with van der Waals surface area (Å²) in [5.41, 5.74) is 17.2. The molecule has 6 aromatic carbocycles. The first-order valence-corrected chi connectivity index (χ1v) is 19.5. The Balaban J connectivity index is 1.07. The van der Waals surface area contributed by atoms with Gasteiger partial charge in [-0.2, -0.15) is 0 Å². The highest BCUT2D eigenvalue weighted by Gasteiger charge is 2.62. The minimum absolute atomic E-state index is 0.0355. The molecular weight excluding hydrogens is 643 g/mol. The van der Waals surface area contributed by atoms with Crippen molar-refractivity contribution < 1.29 is 4.42 Å². The lowest BCUT2D eigenvalue weighted by atomic mass is 9.43. The molecule has 0 radical (unpaired) electrons. The minimum Gasteiger partial charge on any atom is -0.456 e. The summed E-state index contributed by atoms with van der Waals surface area (Å²) in [6.45, 7) is 0. The van der Waals surface area contributed by atoms with Crippen LogP contribution in [0.1, 0.15) is 43.2 Å². The normalized spacial score (nSPS) is 23.5. The number of pyridine rings is 1. The number of furan rings is 1. The van der Waals surface area contributed by atoms with E-state index in [0.29, 0.717) is 11.8 Å². The van der Waals surface area contributed by atoms with E-state index >= 15 is 0 Å². The molecule has 1 spiro atoms. The average Bonchev–Trinajstić information content (AvgIpc) is 3.74. The van der Waals surface area contributed by atoms with Crippen LogP contribution in [-0.4, -0.2) is 4.98 Å². The third-order valence-corrected chi connectivity index (χ3v) is 13.7. The number of benzene rings is 6. The van der Waals surface area contributed by atoms with Gasteiger partial charge in [0.2, 0.25) is 0 Å². The second-order valence-corrected chi connectivity index (χ2v) is 16.3. The van der Waals surface area contributed by atoms with Crippen LogP contribution >= 0.6 is 0 Å². The zero-order valence-electron chi connectivity index (χ0n) is 29.6. The van der Waals surface area contributed by atoms with Crippen LogP contribution in [0.2, 0.25) is 0 Å². The second-order valence-electron chi connectivity index (χ2n) is 16.3. The Morgan fingerprint density at radius 2 is 1.04 bits per heavy atom. The molecule has 2 heteroatoms. The summed E-state index contributed by atoms with van der Waals surface area (Å²) in [6.07, 6.45) is 6.85. The fraction of sp³-hybridized carbons (Fsp3) is 0.196. The molecule has 0 N–H and O–H groups in total. The smallest absolute Gasteiger partial charge is 0.136 e. The van der Waals surface area contributed by atoms with Crippen molar-refractivity contribution in [1.82, 2.24) is 4.98 Å². The number of hydrogen-bond acceptors (Lipinski definition) is 2. The van der Waals surface area contributed by atoms with Gasteiger partial charge in [-0.3, -0.25) is 0 Å². The van der Waals surface area contributed by atoms with Crippen LogP contribution in [0.15, 0.2) is 156 Å². The van der Waals surface area contributed by atoms with Crippen molar-refractivity contribution in [3.63, 3.8) is 0 Å². The highest BCUT2D eigenvalue weighted by atomic mass is 16.3. The predicted octanol–water partition coefficient (Wildman–Crippen LogP) is 13.4. The standard InChI is InChI=1S/C51H39NO/c1-3-9-33(10-4-1)34-15-17-35(18-16-34)38-29-45(36-11-5-2-6-12-36)52-46(30-38)37-19-20-41-44(28-37)51(39-24-31-23-32(26-39)27-40(51)25-31)43-21-22-48-50(49(41)43)42-13-7-8-14-47(42)53-48/h1-22,28-32,39-40H,23-27H2. The van der Waals surface area contributed by atoms with E-state index in [0.717, 1.165) is 40.0 Å². The molecule has 0 atom stereocenters. The van der Waals surface area contributed by atoms with E-state index in [-0.39, 0.29) is 5.41 Å². The lowest BCUT2D eigenvalue weighted by molar-refractivity contribution is -0.0399. The van der Waals surface area contributed by atoms with E-state index in [1.54, 1.807) is 5.56 Å². The zero-order chi connectivity index (χ0) is 34.7. The second kappa shape index (κ2) is 11.1. The Hall–Kier alpha value is -5.73. The van der Waals surface area contributed by atoms with E-state index in [2.05, 4.69) is 152 Å². The molecule has 2 nitrogen and oxygen atoms in total. The van der Waals surface area contributed by atoms with Gasteiger partial charge in [0.15, 0.2) is 0 Å². The predicted molar refractivity (Wildman–Crippen MR) is 217 cm³/mol. The molecule has 5 aliphatic carbocycles. The molecule has 2 aromatic heterocycles. The first-order chi connectivity index (χ1) is 26.2. The van der Waals surface area contributed by atoms with Gasteiger partial charge in [0.25, 0.3) is 0 Å². The van der Waals surface area contributed by atoms with Gasteiger partial charge in [0.05, 0.1) is 11.4 Å². The van der Waals surface area contributed by atoms with E-state index in [1.165, 1.54) is 87.4 Å². The largest absolute Gasteiger partial charge is 0.456 e. The Bertz CT molecular complexity index is 2690. The maximum Gasteiger partial charge on any atom is 0.136 e. The Morgan fingerprint density at radius 1 is 0.453 bits per heavy atom. The van der Waals surface area contributed by atoms with Crippen molar-refractivity contribution >= 4 is 21.9 Å². The van der Waals surface area contributed by atoms with Crippen LogP contribution in [-0.2, 0) is 5.41 Å². The third-order valence-electron chi connectivity index (χ3n) is 13.7. The lowest BCUT2D eigenvalue weighted by Crippen LogP contribution is -2.55. The van der Waals surface area contributed by atoms with E-state index in [1.807, 2.05) is 0 Å². The van der Waals surface area contributed by atoms with Gasteiger partial charge in [-0.05, 0) is 131 Å². The molecule has 8 aromatic rings. The highest BCUT2D eigenvalue weighted by Crippen LogP contribution is 2.70. The van der Waals surface area contributed by atoms with E-state index < -0.39 is 0 Å². The average molecular weight is 682 g/mol. The molecule has 0 saturated heterocycles. The van der Waals surface area contributed by atoms with Crippen LogP contribution in [0, 0.1) is 23.7 Å². The monoisotopic (exact) mass is 681 g/mol. The molecule has 5 aliphatic rings. The summed E-state index contributed by atoms with van der Waals surface area (Å²) in [7, 11) is 0. The number of rotatable bonds is 4. The zero-order valence-corrected chi connectivity index (χ0v) is 29.6. The van der Waals surface area contributed by atoms with Gasteiger partial charge in [0, 0.05) is 27.3 Å². The molecule has 53 heavy (non-hydrogen) atoms. The lowest BCUT2D eigenvalue weighted by Gasteiger charge is -2.61. The van der Waals surface area contributed by atoms with Gasteiger partial charge in [-0.25, -0.2) is 4.98 Å². The van der Waals surface area contributed by atoms with Gasteiger partial charge in [-0.1, -0.05) is 121 Å². The number of nitrogens with zero attached hydrogens (tertiary/aromatic N) is 1. The van der Waals surface area contributed by atoms with Crippen LogP contribution in [0.4, 0.5) is 0 Å². The summed E-state index contributed by atoms with van der Waals surface area (Å²) in [6, 6.07) is 55.6. The number of hydrogen-bond donors (Lipinski definition) is 0. The van der Waals surface area contributed by atoms with Crippen LogP contribution in [0.5, 0.6) is 0 Å². The van der Waals surface area contributed by atoms with Gasteiger partial charge in [-0.15, -0.1) is 0 Å². The fourth-order valence-corrected chi connectivity index (χ4v) is 11.7. The number of aromatic nitrogens is 1. The first-order valence-electron chi connectivity index (χ1n) is 19.5. The summed E-state index contributed by atoms with van der Waals surface area (Å²) in [4.78, 5) is 5.43. The van der Waals surface area contributed by atoms with Gasteiger partial charge in [0.1, 0.15) is 11.2 Å². The molecule has 254 valence electrons. The Labute approximate surface area is 310 Å². The fourth-order valence-electron chi connectivity index (χ4n) is 11.7. The molecule has 4 bridgehead atoms. The molecule has 0 amide bonds. The molecule has 2 heterocycles. The van der Waals surface area contributed by atoms with E-state index in [9.17, 15) is 0 Å². The number of para-hydroxylation sites is 1. The summed E-state index contributed by atoms with van der Waals surface area (Å²) in [5.74, 6) is 3.12. The molecule has 4 fully saturated rings. The molecular formula is C51H39NO. The van der Waals surface area contributed by atoms with Crippen LogP contribution in [0.25, 0.3) is 77.8 Å². The first kappa shape index (κ1) is 29.8. The maximum absolute atomic E-state index is 6.51. The summed E-state index contributed by atoms with van der Waals surface area (Å²) < 4.78 is 6.51. The van der Waals surface area contributed by atoms with Gasteiger partial charge < -0.3 is 4.42 Å². The van der Waals surface area contributed by atoms with Gasteiger partial charge >= 0.3 is 0 Å². The van der Waals surface area contributed by atoms with Crippen LogP contribution < -0.4 is 0 Å². The number of fused-ring (bicyclic) bond motifs is 7. The van der Waals surface area contributed by atoms with Crippen molar-refractivity contribution in [3.05, 3.63) is 163 Å². The summed E-state index contributed by atoms with van der Waals surface area (Å²) in [5, 5.41) is 2.53. The van der Waals surface area contributed by atoms with Crippen molar-refractivity contribution in [2.45, 2.75) is 37.5 Å². The van der Waals surface area contributed by atoms with Crippen molar-refractivity contribution in [2.24, 2.45) is 23.7 Å². The van der Waals surface area contributed by atoms with E-state index in [4.69, 9.17) is 9.40 Å². The maximum atomic E-state index is 6.51. The Morgan fingerprint density at radius 3 is 1.75 bits per heavy atom. The molecule has 13 rings (SSSR count). The SMILES string of the molecule is c1ccc(-c2ccc(-c3cc(-c4ccccc4)nc(-c4ccc5c(c4)C4(c6ccc7oc8ccccc8c7c6-5)C5CC6CC(C5)CC4C6)c3)cc2)cc1. The molecule has 0 aliphatic heterocycles. The highest BCUT2D eigenvalue weighted by molar-refractivity contribution is 6.15. The Kier molecular flexibility index (Phi) is 6.26. The molecule has 0 unspecified atom stereocenters.